The lowest BCUT2D eigenvalue weighted by Crippen LogP contribution is -2.48. The molecule has 1 saturated carbocycles. The molecule has 0 aromatic heterocycles. The van der Waals surface area contributed by atoms with Crippen LogP contribution in [0.1, 0.15) is 44.2 Å². The van der Waals surface area contributed by atoms with Crippen LogP contribution in [-0.2, 0) is 4.79 Å². The average molecular weight is 340 g/mol. The second kappa shape index (κ2) is 7.32. The van der Waals surface area contributed by atoms with Crippen molar-refractivity contribution in [1.29, 1.82) is 5.26 Å². The van der Waals surface area contributed by atoms with Crippen LogP contribution in [0.15, 0.2) is 18.2 Å². The molecule has 22 heavy (non-hydrogen) atoms. The first-order valence-corrected chi connectivity index (χ1v) is 8.12. The van der Waals surface area contributed by atoms with E-state index in [4.69, 9.17) is 23.2 Å². The molecule has 0 spiro atoms. The van der Waals surface area contributed by atoms with Crippen LogP contribution in [0.4, 0.5) is 0 Å². The SMILES string of the molecule is C[C@H](NCC(=O)NC1(C#N)CCCC1)c1ccc(Cl)cc1Cl. The zero-order chi connectivity index (χ0) is 16.2. The molecule has 4 nitrogen and oxygen atoms in total. The zero-order valence-corrected chi connectivity index (χ0v) is 14.0. The van der Waals surface area contributed by atoms with E-state index in [1.165, 1.54) is 0 Å². The fourth-order valence-electron chi connectivity index (χ4n) is 2.76. The van der Waals surface area contributed by atoms with Crippen molar-refractivity contribution in [2.24, 2.45) is 0 Å². The lowest BCUT2D eigenvalue weighted by atomic mass is 10.00. The van der Waals surface area contributed by atoms with Gasteiger partial charge in [0.15, 0.2) is 0 Å². The summed E-state index contributed by atoms with van der Waals surface area (Å²) in [5.41, 5.74) is 0.203. The van der Waals surface area contributed by atoms with Gasteiger partial charge >= 0.3 is 0 Å². The summed E-state index contributed by atoms with van der Waals surface area (Å²) in [6.45, 7) is 2.07. The standard InChI is InChI=1S/C16H19Cl2N3O/c1-11(13-5-4-12(17)8-14(13)18)20-9-15(22)21-16(10-19)6-2-3-7-16/h4-5,8,11,20H,2-3,6-7,9H2,1H3,(H,21,22)/t11-/m0/s1. The highest BCUT2D eigenvalue weighted by molar-refractivity contribution is 6.35. The summed E-state index contributed by atoms with van der Waals surface area (Å²) in [6, 6.07) is 7.45. The third-order valence-electron chi connectivity index (χ3n) is 4.05. The van der Waals surface area contributed by atoms with Crippen LogP contribution in [0.5, 0.6) is 0 Å². The van der Waals surface area contributed by atoms with E-state index in [2.05, 4.69) is 16.7 Å². The number of nitrogens with zero attached hydrogens (tertiary/aromatic N) is 1. The molecule has 1 amide bonds. The molecule has 0 saturated heterocycles. The minimum absolute atomic E-state index is 0.0860. The Balaban J connectivity index is 1.89. The van der Waals surface area contributed by atoms with Crippen molar-refractivity contribution in [2.75, 3.05) is 6.54 Å². The van der Waals surface area contributed by atoms with Crippen LogP contribution >= 0.6 is 23.2 Å². The number of benzene rings is 1. The summed E-state index contributed by atoms with van der Waals surface area (Å²) in [5.74, 6) is -0.166. The lowest BCUT2D eigenvalue weighted by molar-refractivity contribution is -0.121. The van der Waals surface area contributed by atoms with Crippen molar-refractivity contribution < 1.29 is 4.79 Å². The molecule has 2 N–H and O–H groups in total. The van der Waals surface area contributed by atoms with Gasteiger partial charge in [-0.25, -0.2) is 0 Å². The van der Waals surface area contributed by atoms with Crippen molar-refractivity contribution >= 4 is 29.1 Å². The van der Waals surface area contributed by atoms with Gasteiger partial charge in [0.05, 0.1) is 12.6 Å². The summed E-state index contributed by atoms with van der Waals surface area (Å²) in [4.78, 5) is 12.1. The van der Waals surface area contributed by atoms with Gasteiger partial charge in [0.25, 0.3) is 0 Å². The van der Waals surface area contributed by atoms with Gasteiger partial charge < -0.3 is 10.6 Å². The van der Waals surface area contributed by atoms with E-state index in [9.17, 15) is 10.1 Å². The Labute approximate surface area is 140 Å². The monoisotopic (exact) mass is 339 g/mol. The second-order valence-corrected chi connectivity index (χ2v) is 6.56. The molecule has 1 aromatic rings. The average Bonchev–Trinajstić information content (AvgIpc) is 2.94. The number of amides is 1. The van der Waals surface area contributed by atoms with Crippen LogP contribution in [0.2, 0.25) is 10.0 Å². The van der Waals surface area contributed by atoms with Crippen molar-refractivity contribution in [2.45, 2.75) is 44.2 Å². The number of halogens is 2. The van der Waals surface area contributed by atoms with E-state index in [0.717, 1.165) is 31.2 Å². The number of carbonyl (C=O) groups is 1. The smallest absolute Gasteiger partial charge is 0.235 e. The number of nitrogens with one attached hydrogen (secondary N) is 2. The largest absolute Gasteiger partial charge is 0.337 e. The van der Waals surface area contributed by atoms with Crippen molar-refractivity contribution in [3.63, 3.8) is 0 Å². The van der Waals surface area contributed by atoms with E-state index in [1.54, 1.807) is 12.1 Å². The number of nitriles is 1. The van der Waals surface area contributed by atoms with Crippen molar-refractivity contribution in [3.8, 4) is 6.07 Å². The van der Waals surface area contributed by atoms with Gasteiger partial charge in [0.2, 0.25) is 5.91 Å². The van der Waals surface area contributed by atoms with Gasteiger partial charge in [-0.05, 0) is 50.3 Å². The molecule has 1 fully saturated rings. The van der Waals surface area contributed by atoms with Gasteiger partial charge in [-0.2, -0.15) is 5.26 Å². The zero-order valence-electron chi connectivity index (χ0n) is 12.5. The minimum Gasteiger partial charge on any atom is -0.337 e. The Morgan fingerprint density at radius 3 is 2.68 bits per heavy atom. The molecule has 0 unspecified atom stereocenters. The predicted octanol–water partition coefficient (Wildman–Crippen LogP) is 3.60. The topological polar surface area (TPSA) is 64.9 Å². The van der Waals surface area contributed by atoms with Crippen LogP contribution in [0, 0.1) is 11.3 Å². The van der Waals surface area contributed by atoms with Crippen LogP contribution in [0.25, 0.3) is 0 Å². The molecule has 0 bridgehead atoms. The second-order valence-electron chi connectivity index (χ2n) is 5.72. The van der Waals surface area contributed by atoms with Crippen LogP contribution in [0.3, 0.4) is 0 Å². The van der Waals surface area contributed by atoms with Gasteiger partial charge in [-0.1, -0.05) is 29.3 Å². The number of carbonyl (C=O) groups excluding carboxylic acids is 1. The lowest BCUT2D eigenvalue weighted by Gasteiger charge is -2.23. The molecule has 1 atom stereocenters. The molecule has 1 aliphatic carbocycles. The van der Waals surface area contributed by atoms with Crippen molar-refractivity contribution in [1.82, 2.24) is 10.6 Å². The molecule has 0 aliphatic heterocycles. The molecule has 1 aliphatic rings. The Morgan fingerprint density at radius 2 is 2.09 bits per heavy atom. The number of hydrogen-bond donors (Lipinski definition) is 2. The molecular weight excluding hydrogens is 321 g/mol. The maximum Gasteiger partial charge on any atom is 0.235 e. The fourth-order valence-corrected chi connectivity index (χ4v) is 3.33. The minimum atomic E-state index is -0.681. The molecule has 0 heterocycles. The van der Waals surface area contributed by atoms with E-state index in [-0.39, 0.29) is 18.5 Å². The highest BCUT2D eigenvalue weighted by atomic mass is 35.5. The van der Waals surface area contributed by atoms with Gasteiger partial charge in [0, 0.05) is 16.1 Å². The Hall–Kier alpha value is -1.28. The number of hydrogen-bond acceptors (Lipinski definition) is 3. The molecule has 2 rings (SSSR count). The quantitative estimate of drug-likeness (QED) is 0.861. The van der Waals surface area contributed by atoms with Crippen LogP contribution < -0.4 is 10.6 Å². The Morgan fingerprint density at radius 1 is 1.41 bits per heavy atom. The van der Waals surface area contributed by atoms with E-state index >= 15 is 0 Å². The predicted molar refractivity (Wildman–Crippen MR) is 87.8 cm³/mol. The first-order chi connectivity index (χ1) is 10.5. The maximum absolute atomic E-state index is 12.1. The summed E-state index contributed by atoms with van der Waals surface area (Å²) in [7, 11) is 0. The van der Waals surface area contributed by atoms with Gasteiger partial charge in [0.1, 0.15) is 5.54 Å². The first-order valence-electron chi connectivity index (χ1n) is 7.36. The Kier molecular flexibility index (Phi) is 5.69. The van der Waals surface area contributed by atoms with Crippen LogP contribution in [-0.4, -0.2) is 18.0 Å². The third-order valence-corrected chi connectivity index (χ3v) is 4.61. The summed E-state index contributed by atoms with van der Waals surface area (Å²) in [6.07, 6.45) is 3.43. The van der Waals surface area contributed by atoms with E-state index in [1.807, 2.05) is 13.0 Å². The molecule has 6 heteroatoms. The number of rotatable bonds is 5. The summed E-state index contributed by atoms with van der Waals surface area (Å²) < 4.78 is 0. The highest BCUT2D eigenvalue weighted by Crippen LogP contribution is 2.29. The molecule has 0 radical (unpaired) electrons. The van der Waals surface area contributed by atoms with Gasteiger partial charge in [-0.15, -0.1) is 0 Å². The van der Waals surface area contributed by atoms with Gasteiger partial charge in [-0.3, -0.25) is 4.79 Å². The molecule has 118 valence electrons. The Bertz CT molecular complexity index is 592. The first kappa shape index (κ1) is 17.1. The normalized spacial score (nSPS) is 17.7. The maximum atomic E-state index is 12.1. The highest BCUT2D eigenvalue weighted by Gasteiger charge is 2.35. The molecule has 1 aromatic carbocycles. The van der Waals surface area contributed by atoms with Crippen molar-refractivity contribution in [3.05, 3.63) is 33.8 Å². The fraction of sp³-hybridized carbons (Fsp3) is 0.500. The molecular formula is C16H19Cl2N3O. The summed E-state index contributed by atoms with van der Waals surface area (Å²) >= 11 is 12.0. The van der Waals surface area contributed by atoms with E-state index < -0.39 is 5.54 Å². The van der Waals surface area contributed by atoms with E-state index in [0.29, 0.717) is 10.0 Å². The summed E-state index contributed by atoms with van der Waals surface area (Å²) in [5, 5.41) is 16.4. The third kappa shape index (κ3) is 4.13.